The van der Waals surface area contributed by atoms with Gasteiger partial charge in [0.05, 0.1) is 18.8 Å². The predicted molar refractivity (Wildman–Crippen MR) is 103 cm³/mol. The maximum Gasteiger partial charge on any atom is 0.231 e. The van der Waals surface area contributed by atoms with E-state index < -0.39 is 6.10 Å². The van der Waals surface area contributed by atoms with Gasteiger partial charge in [0.25, 0.3) is 0 Å². The quantitative estimate of drug-likeness (QED) is 0.812. The van der Waals surface area contributed by atoms with Crippen LogP contribution in [-0.2, 0) is 17.7 Å². The van der Waals surface area contributed by atoms with Gasteiger partial charge in [0.15, 0.2) is 11.5 Å². The van der Waals surface area contributed by atoms with Crippen LogP contribution in [0.5, 0.6) is 11.5 Å². The molecule has 0 saturated carbocycles. The summed E-state index contributed by atoms with van der Waals surface area (Å²) in [5, 5.41) is 10.4. The number of fused-ring (bicyclic) bond motifs is 2. The molecule has 0 fully saturated rings. The third kappa shape index (κ3) is 4.43. The number of hydrogen-bond acceptors (Lipinski definition) is 5. The molecule has 1 aliphatic heterocycles. The molecule has 2 aliphatic rings. The van der Waals surface area contributed by atoms with Crippen LogP contribution in [0.1, 0.15) is 35.6 Å². The minimum Gasteiger partial charge on any atom is -0.454 e. The second-order valence-electron chi connectivity index (χ2n) is 7.45. The lowest BCUT2D eigenvalue weighted by atomic mass is 9.89. The number of likely N-dealkylation sites (N-methyl/N-ethyl adjacent to an activating group) is 1. The minimum absolute atomic E-state index is 0.101. The molecule has 1 aliphatic carbocycles. The lowest BCUT2D eigenvalue weighted by Crippen LogP contribution is -2.32. The maximum absolute atomic E-state index is 10.4. The van der Waals surface area contributed by atoms with E-state index in [4.69, 9.17) is 14.2 Å². The van der Waals surface area contributed by atoms with Gasteiger partial charge in [0.1, 0.15) is 0 Å². The average molecular weight is 369 g/mol. The van der Waals surface area contributed by atoms with Crippen LogP contribution in [0, 0.1) is 0 Å². The molecule has 2 aromatic carbocycles. The van der Waals surface area contributed by atoms with Crippen LogP contribution in [0.15, 0.2) is 42.5 Å². The van der Waals surface area contributed by atoms with Gasteiger partial charge in [-0.15, -0.1) is 0 Å². The molecule has 1 N–H and O–H groups in total. The first-order chi connectivity index (χ1) is 13.2. The van der Waals surface area contributed by atoms with Gasteiger partial charge in [-0.25, -0.2) is 0 Å². The van der Waals surface area contributed by atoms with Gasteiger partial charge in [-0.2, -0.15) is 0 Å². The number of nitrogens with zero attached hydrogens (tertiary/aromatic N) is 1. The first-order valence-electron chi connectivity index (χ1n) is 9.63. The molecular formula is C22H27NO4. The maximum atomic E-state index is 10.4. The Hall–Kier alpha value is -2.08. The number of hydrogen-bond donors (Lipinski definition) is 1. The fourth-order valence-electron chi connectivity index (χ4n) is 3.94. The predicted octanol–water partition coefficient (Wildman–Crippen LogP) is 3.30. The summed E-state index contributed by atoms with van der Waals surface area (Å²) in [6, 6.07) is 14.5. The SMILES string of the molecule is CN(Cc1ccc2c(c1)OCO2)C[C@@H](O)CO[C@H]1CCCc2ccccc21. The number of ether oxygens (including phenoxy) is 3. The van der Waals surface area contributed by atoms with E-state index in [2.05, 4.69) is 29.2 Å². The summed E-state index contributed by atoms with van der Waals surface area (Å²) in [6.07, 6.45) is 2.87. The molecule has 27 heavy (non-hydrogen) atoms. The highest BCUT2D eigenvalue weighted by atomic mass is 16.7. The van der Waals surface area contributed by atoms with Crippen molar-refractivity contribution < 1.29 is 19.3 Å². The van der Waals surface area contributed by atoms with Crippen LogP contribution in [0.25, 0.3) is 0 Å². The normalized spacial score (nSPS) is 19.1. The van der Waals surface area contributed by atoms with Crippen molar-refractivity contribution in [3.8, 4) is 11.5 Å². The topological polar surface area (TPSA) is 51.2 Å². The van der Waals surface area contributed by atoms with Crippen molar-refractivity contribution in [2.24, 2.45) is 0 Å². The van der Waals surface area contributed by atoms with Crippen molar-refractivity contribution in [3.05, 3.63) is 59.2 Å². The number of benzene rings is 2. The van der Waals surface area contributed by atoms with E-state index in [-0.39, 0.29) is 12.9 Å². The molecule has 0 saturated heterocycles. The fourth-order valence-corrected chi connectivity index (χ4v) is 3.94. The fraction of sp³-hybridized carbons (Fsp3) is 0.455. The average Bonchev–Trinajstić information content (AvgIpc) is 3.14. The zero-order valence-electron chi connectivity index (χ0n) is 15.8. The molecule has 0 amide bonds. The molecule has 0 spiro atoms. The van der Waals surface area contributed by atoms with Crippen LogP contribution in [0.3, 0.4) is 0 Å². The lowest BCUT2D eigenvalue weighted by Gasteiger charge is -2.27. The summed E-state index contributed by atoms with van der Waals surface area (Å²) in [5.74, 6) is 1.59. The van der Waals surface area contributed by atoms with Crippen molar-refractivity contribution in [3.63, 3.8) is 0 Å². The zero-order chi connectivity index (χ0) is 18.6. The van der Waals surface area contributed by atoms with Gasteiger partial charge in [-0.1, -0.05) is 30.3 Å². The van der Waals surface area contributed by atoms with E-state index in [9.17, 15) is 5.11 Å². The molecule has 2 atom stereocenters. The van der Waals surface area contributed by atoms with Crippen LogP contribution in [0.4, 0.5) is 0 Å². The Bertz CT molecular complexity index is 779. The second-order valence-corrected chi connectivity index (χ2v) is 7.45. The molecule has 0 unspecified atom stereocenters. The molecule has 4 rings (SSSR count). The molecule has 5 heteroatoms. The van der Waals surface area contributed by atoms with E-state index in [0.29, 0.717) is 13.2 Å². The Morgan fingerprint density at radius 2 is 2.04 bits per heavy atom. The Balaban J connectivity index is 1.26. The Kier molecular flexibility index (Phi) is 5.62. The smallest absolute Gasteiger partial charge is 0.231 e. The summed E-state index contributed by atoms with van der Waals surface area (Å²) >= 11 is 0. The summed E-state index contributed by atoms with van der Waals surface area (Å²) in [6.45, 7) is 1.93. The second kappa shape index (κ2) is 8.30. The van der Waals surface area contributed by atoms with Gasteiger partial charge in [-0.3, -0.25) is 4.90 Å². The van der Waals surface area contributed by atoms with Gasteiger partial charge in [0, 0.05) is 13.1 Å². The molecule has 0 aromatic heterocycles. The molecule has 5 nitrogen and oxygen atoms in total. The number of aliphatic hydroxyl groups is 1. The van der Waals surface area contributed by atoms with Crippen LogP contribution in [-0.4, -0.2) is 43.1 Å². The number of rotatable bonds is 7. The van der Waals surface area contributed by atoms with E-state index in [1.807, 2.05) is 25.2 Å². The minimum atomic E-state index is -0.516. The van der Waals surface area contributed by atoms with E-state index in [1.165, 1.54) is 11.1 Å². The summed E-state index contributed by atoms with van der Waals surface area (Å²) in [4.78, 5) is 2.10. The Morgan fingerprint density at radius 1 is 1.19 bits per heavy atom. The zero-order valence-corrected chi connectivity index (χ0v) is 15.8. The van der Waals surface area contributed by atoms with Crippen molar-refractivity contribution >= 4 is 0 Å². The summed E-state index contributed by atoms with van der Waals surface area (Å²) < 4.78 is 16.8. The van der Waals surface area contributed by atoms with Gasteiger partial charge in [-0.05, 0) is 55.1 Å². The van der Waals surface area contributed by atoms with Gasteiger partial charge < -0.3 is 19.3 Å². The van der Waals surface area contributed by atoms with E-state index >= 15 is 0 Å². The number of aryl methyl sites for hydroxylation is 1. The molecule has 1 heterocycles. The van der Waals surface area contributed by atoms with Crippen molar-refractivity contribution in [1.82, 2.24) is 4.90 Å². The van der Waals surface area contributed by atoms with Crippen molar-refractivity contribution in [1.29, 1.82) is 0 Å². The standard InChI is InChI=1S/C22H27NO4/c1-23(12-16-9-10-21-22(11-16)27-15-26-21)13-18(24)14-25-20-8-4-6-17-5-2-3-7-19(17)20/h2-3,5,7,9-11,18,20,24H,4,6,8,12-15H2,1H3/t18-,20+/m1/s1. The largest absolute Gasteiger partial charge is 0.454 e. The van der Waals surface area contributed by atoms with Crippen LogP contribution < -0.4 is 9.47 Å². The third-order valence-electron chi connectivity index (χ3n) is 5.22. The lowest BCUT2D eigenvalue weighted by molar-refractivity contribution is -0.0265. The number of aliphatic hydroxyl groups excluding tert-OH is 1. The van der Waals surface area contributed by atoms with E-state index in [0.717, 1.165) is 42.9 Å². The van der Waals surface area contributed by atoms with Crippen LogP contribution >= 0.6 is 0 Å². The van der Waals surface area contributed by atoms with Gasteiger partial charge >= 0.3 is 0 Å². The molecule has 0 bridgehead atoms. The Morgan fingerprint density at radius 3 is 2.96 bits per heavy atom. The third-order valence-corrected chi connectivity index (χ3v) is 5.22. The van der Waals surface area contributed by atoms with Gasteiger partial charge in [0.2, 0.25) is 6.79 Å². The summed E-state index contributed by atoms with van der Waals surface area (Å²) in [7, 11) is 2.00. The van der Waals surface area contributed by atoms with Crippen molar-refractivity contribution in [2.45, 2.75) is 38.0 Å². The molecule has 144 valence electrons. The summed E-state index contributed by atoms with van der Waals surface area (Å²) in [5.41, 5.74) is 3.80. The molecular weight excluding hydrogens is 342 g/mol. The van der Waals surface area contributed by atoms with Crippen LogP contribution in [0.2, 0.25) is 0 Å². The monoisotopic (exact) mass is 369 g/mol. The first kappa shape index (κ1) is 18.3. The Labute approximate surface area is 160 Å². The highest BCUT2D eigenvalue weighted by Crippen LogP contribution is 2.33. The van der Waals surface area contributed by atoms with E-state index in [1.54, 1.807) is 0 Å². The molecule has 2 aromatic rings. The van der Waals surface area contributed by atoms with Crippen molar-refractivity contribution in [2.75, 3.05) is 27.0 Å². The molecule has 0 radical (unpaired) electrons. The highest BCUT2D eigenvalue weighted by molar-refractivity contribution is 5.44. The first-order valence-corrected chi connectivity index (χ1v) is 9.63. The highest BCUT2D eigenvalue weighted by Gasteiger charge is 2.21.